The molecule has 0 fully saturated rings. The Morgan fingerprint density at radius 1 is 1.00 bits per heavy atom. The van der Waals surface area contributed by atoms with Gasteiger partial charge in [-0.05, 0) is 18.9 Å². The third-order valence-corrected chi connectivity index (χ3v) is 2.81. The van der Waals surface area contributed by atoms with Crippen LogP contribution >= 0.6 is 0 Å². The Hall–Kier alpha value is -0.0800. The van der Waals surface area contributed by atoms with Crippen LogP contribution < -0.4 is 5.73 Å². The van der Waals surface area contributed by atoms with E-state index in [2.05, 4.69) is 6.92 Å². The number of aliphatic hydroxyl groups excluding tert-OH is 1. The number of nitrogens with two attached hydrogens (primary N) is 1. The van der Waals surface area contributed by atoms with Crippen molar-refractivity contribution in [3.63, 3.8) is 0 Å². The first-order valence-electron chi connectivity index (χ1n) is 6.16. The molecule has 2 nitrogen and oxygen atoms in total. The van der Waals surface area contributed by atoms with Gasteiger partial charge in [0.25, 0.3) is 0 Å². The van der Waals surface area contributed by atoms with Crippen LogP contribution in [0.5, 0.6) is 0 Å². The summed E-state index contributed by atoms with van der Waals surface area (Å²) in [5.41, 5.74) is 5.50. The lowest BCUT2D eigenvalue weighted by atomic mass is 10.0. The summed E-state index contributed by atoms with van der Waals surface area (Å²) in [7, 11) is 0. The predicted molar refractivity (Wildman–Crippen MR) is 62.2 cm³/mol. The Bertz CT molecular complexity index is 102. The summed E-state index contributed by atoms with van der Waals surface area (Å²) < 4.78 is 0. The third kappa shape index (κ3) is 8.52. The zero-order chi connectivity index (χ0) is 10.6. The summed E-state index contributed by atoms with van der Waals surface area (Å²) in [5.74, 6) is 0.339. The molecular formula is C12H27NO. The van der Waals surface area contributed by atoms with Crippen molar-refractivity contribution in [3.05, 3.63) is 0 Å². The summed E-state index contributed by atoms with van der Waals surface area (Å²) in [6.45, 7) is 3.13. The molecule has 0 radical (unpaired) electrons. The van der Waals surface area contributed by atoms with Gasteiger partial charge in [0, 0.05) is 6.61 Å². The van der Waals surface area contributed by atoms with Crippen molar-refractivity contribution in [1.82, 2.24) is 0 Å². The molecule has 0 amide bonds. The van der Waals surface area contributed by atoms with Crippen LogP contribution in [0.3, 0.4) is 0 Å². The molecule has 14 heavy (non-hydrogen) atoms. The Morgan fingerprint density at radius 3 is 2.07 bits per heavy atom. The van der Waals surface area contributed by atoms with Crippen molar-refractivity contribution < 1.29 is 5.11 Å². The number of hydrogen-bond acceptors (Lipinski definition) is 2. The van der Waals surface area contributed by atoms with Gasteiger partial charge in [0.1, 0.15) is 0 Å². The second-order valence-corrected chi connectivity index (χ2v) is 4.19. The molecule has 86 valence electrons. The standard InChI is InChI=1S/C12H27NO/c1-2-3-4-5-6-7-8-9-12(10-13)11-14/h12,14H,2-11,13H2,1H3. The first-order chi connectivity index (χ1) is 6.85. The fraction of sp³-hybridized carbons (Fsp3) is 1.00. The fourth-order valence-electron chi connectivity index (χ4n) is 1.67. The van der Waals surface area contributed by atoms with Gasteiger partial charge in [-0.25, -0.2) is 0 Å². The molecule has 1 atom stereocenters. The monoisotopic (exact) mass is 201 g/mol. The molecule has 0 aromatic rings. The topological polar surface area (TPSA) is 46.2 Å². The number of hydrogen-bond donors (Lipinski definition) is 2. The molecule has 0 aromatic carbocycles. The minimum absolute atomic E-state index is 0.256. The second-order valence-electron chi connectivity index (χ2n) is 4.19. The highest BCUT2D eigenvalue weighted by molar-refractivity contribution is 4.58. The van der Waals surface area contributed by atoms with Crippen molar-refractivity contribution in [1.29, 1.82) is 0 Å². The van der Waals surface area contributed by atoms with Crippen LogP contribution in [-0.2, 0) is 0 Å². The van der Waals surface area contributed by atoms with E-state index in [9.17, 15) is 0 Å². The van der Waals surface area contributed by atoms with E-state index >= 15 is 0 Å². The highest BCUT2D eigenvalue weighted by atomic mass is 16.3. The van der Waals surface area contributed by atoms with Crippen molar-refractivity contribution in [2.24, 2.45) is 11.7 Å². The Morgan fingerprint density at radius 2 is 1.57 bits per heavy atom. The average molecular weight is 201 g/mol. The molecule has 0 saturated heterocycles. The first-order valence-corrected chi connectivity index (χ1v) is 6.16. The lowest BCUT2D eigenvalue weighted by molar-refractivity contribution is 0.219. The van der Waals surface area contributed by atoms with E-state index in [0.29, 0.717) is 12.5 Å². The van der Waals surface area contributed by atoms with Crippen molar-refractivity contribution in [2.45, 2.75) is 58.3 Å². The average Bonchev–Trinajstić information content (AvgIpc) is 2.22. The third-order valence-electron chi connectivity index (χ3n) is 2.81. The predicted octanol–water partition coefficient (Wildman–Crippen LogP) is 2.69. The Kier molecular flexibility index (Phi) is 10.9. The molecule has 1 unspecified atom stereocenters. The largest absolute Gasteiger partial charge is 0.396 e. The molecule has 0 bridgehead atoms. The fourth-order valence-corrected chi connectivity index (χ4v) is 1.67. The molecule has 0 aromatic heterocycles. The van der Waals surface area contributed by atoms with Crippen molar-refractivity contribution in [3.8, 4) is 0 Å². The maximum absolute atomic E-state index is 8.92. The number of unbranched alkanes of at least 4 members (excludes halogenated alkanes) is 6. The van der Waals surface area contributed by atoms with E-state index in [0.717, 1.165) is 6.42 Å². The van der Waals surface area contributed by atoms with Crippen LogP contribution in [0.1, 0.15) is 58.3 Å². The van der Waals surface area contributed by atoms with Gasteiger partial charge < -0.3 is 10.8 Å². The van der Waals surface area contributed by atoms with Gasteiger partial charge >= 0.3 is 0 Å². The van der Waals surface area contributed by atoms with E-state index in [1.807, 2.05) is 0 Å². The van der Waals surface area contributed by atoms with Crippen LogP contribution in [0.25, 0.3) is 0 Å². The molecular weight excluding hydrogens is 174 g/mol. The van der Waals surface area contributed by atoms with Crippen molar-refractivity contribution in [2.75, 3.05) is 13.2 Å². The minimum atomic E-state index is 0.256. The lowest BCUT2D eigenvalue weighted by Gasteiger charge is -2.10. The van der Waals surface area contributed by atoms with Gasteiger partial charge in [-0.15, -0.1) is 0 Å². The Labute approximate surface area is 88.9 Å². The molecule has 0 rings (SSSR count). The smallest absolute Gasteiger partial charge is 0.0471 e. The van der Waals surface area contributed by atoms with Crippen LogP contribution in [-0.4, -0.2) is 18.3 Å². The molecule has 2 heteroatoms. The van der Waals surface area contributed by atoms with Gasteiger partial charge in [0.2, 0.25) is 0 Å². The molecule has 0 spiro atoms. The minimum Gasteiger partial charge on any atom is -0.396 e. The van der Waals surface area contributed by atoms with Crippen LogP contribution in [0.2, 0.25) is 0 Å². The van der Waals surface area contributed by atoms with Gasteiger partial charge in [0.05, 0.1) is 0 Å². The van der Waals surface area contributed by atoms with Crippen LogP contribution in [0, 0.1) is 5.92 Å². The summed E-state index contributed by atoms with van der Waals surface area (Å²) in [5, 5.41) is 8.92. The summed E-state index contributed by atoms with van der Waals surface area (Å²) in [6.07, 6.45) is 10.4. The second kappa shape index (κ2) is 11.0. The highest BCUT2D eigenvalue weighted by Crippen LogP contribution is 2.11. The van der Waals surface area contributed by atoms with Crippen LogP contribution in [0.4, 0.5) is 0 Å². The normalized spacial score (nSPS) is 13.1. The summed E-state index contributed by atoms with van der Waals surface area (Å²) in [6, 6.07) is 0. The van der Waals surface area contributed by atoms with E-state index in [1.165, 1.54) is 44.9 Å². The van der Waals surface area contributed by atoms with E-state index in [4.69, 9.17) is 10.8 Å². The molecule has 0 aliphatic heterocycles. The van der Waals surface area contributed by atoms with E-state index in [-0.39, 0.29) is 6.61 Å². The number of rotatable bonds is 10. The lowest BCUT2D eigenvalue weighted by Crippen LogP contribution is -2.17. The quantitative estimate of drug-likeness (QED) is 0.534. The van der Waals surface area contributed by atoms with Gasteiger partial charge in [-0.1, -0.05) is 51.9 Å². The number of aliphatic hydroxyl groups is 1. The molecule has 0 heterocycles. The molecule has 0 saturated carbocycles. The SMILES string of the molecule is CCCCCCCCCC(CN)CO. The van der Waals surface area contributed by atoms with Crippen molar-refractivity contribution >= 4 is 0 Å². The van der Waals surface area contributed by atoms with Crippen LogP contribution in [0.15, 0.2) is 0 Å². The van der Waals surface area contributed by atoms with Gasteiger partial charge in [-0.2, -0.15) is 0 Å². The zero-order valence-corrected chi connectivity index (χ0v) is 9.67. The highest BCUT2D eigenvalue weighted by Gasteiger charge is 2.03. The first kappa shape index (κ1) is 13.9. The molecule has 0 aliphatic carbocycles. The Balaban J connectivity index is 3.04. The van der Waals surface area contributed by atoms with Gasteiger partial charge in [0.15, 0.2) is 0 Å². The maximum Gasteiger partial charge on any atom is 0.0471 e. The van der Waals surface area contributed by atoms with E-state index < -0.39 is 0 Å². The maximum atomic E-state index is 8.92. The molecule has 0 aliphatic rings. The zero-order valence-electron chi connectivity index (χ0n) is 9.67. The summed E-state index contributed by atoms with van der Waals surface area (Å²) in [4.78, 5) is 0. The van der Waals surface area contributed by atoms with E-state index in [1.54, 1.807) is 0 Å². The van der Waals surface area contributed by atoms with Gasteiger partial charge in [-0.3, -0.25) is 0 Å². The summed E-state index contributed by atoms with van der Waals surface area (Å²) >= 11 is 0. The molecule has 3 N–H and O–H groups in total.